The van der Waals surface area contributed by atoms with E-state index in [1.54, 1.807) is 12.3 Å². The van der Waals surface area contributed by atoms with Crippen LogP contribution in [0.2, 0.25) is 0 Å². The first-order valence-electron chi connectivity index (χ1n) is 6.03. The number of carbonyl (C=O) groups is 1. The first-order chi connectivity index (χ1) is 8.63. The number of carbonyl (C=O) groups excluding carboxylic acids is 1. The van der Waals surface area contributed by atoms with Crippen molar-refractivity contribution in [2.45, 2.75) is 18.9 Å². The molecular formula is C12H17BrN4O. The van der Waals surface area contributed by atoms with Gasteiger partial charge in [0, 0.05) is 23.3 Å². The first-order valence-corrected chi connectivity index (χ1v) is 6.82. The van der Waals surface area contributed by atoms with E-state index in [-0.39, 0.29) is 11.9 Å². The number of amides is 1. The summed E-state index contributed by atoms with van der Waals surface area (Å²) >= 11 is 3.30. The zero-order valence-electron chi connectivity index (χ0n) is 10.1. The van der Waals surface area contributed by atoms with Gasteiger partial charge >= 0.3 is 0 Å². The molecule has 0 spiro atoms. The highest BCUT2D eigenvalue weighted by Crippen LogP contribution is 2.11. The minimum atomic E-state index is -0.0427. The second-order valence-electron chi connectivity index (χ2n) is 4.55. The quantitative estimate of drug-likeness (QED) is 0.880. The number of nitrogens with zero attached hydrogens (tertiary/aromatic N) is 2. The van der Waals surface area contributed by atoms with E-state index >= 15 is 0 Å². The van der Waals surface area contributed by atoms with Gasteiger partial charge in [-0.2, -0.15) is 0 Å². The van der Waals surface area contributed by atoms with Crippen LogP contribution in [0.4, 0.5) is 5.82 Å². The molecular weight excluding hydrogens is 296 g/mol. The molecule has 3 N–H and O–H groups in total. The van der Waals surface area contributed by atoms with Gasteiger partial charge in [-0.25, -0.2) is 4.98 Å². The number of rotatable bonds is 3. The van der Waals surface area contributed by atoms with E-state index in [0.717, 1.165) is 30.4 Å². The molecule has 1 aliphatic rings. The van der Waals surface area contributed by atoms with Crippen molar-refractivity contribution in [3.8, 4) is 0 Å². The molecule has 5 nitrogen and oxygen atoms in total. The molecule has 1 aromatic heterocycles. The molecule has 0 saturated carbocycles. The van der Waals surface area contributed by atoms with Gasteiger partial charge in [0.25, 0.3) is 0 Å². The highest BCUT2D eigenvalue weighted by molar-refractivity contribution is 9.10. The van der Waals surface area contributed by atoms with E-state index in [4.69, 9.17) is 5.73 Å². The summed E-state index contributed by atoms with van der Waals surface area (Å²) in [7, 11) is 0. The molecule has 1 amide bonds. The lowest BCUT2D eigenvalue weighted by molar-refractivity contribution is -0.117. The number of hydrogen-bond donors (Lipinski definition) is 2. The Morgan fingerprint density at radius 3 is 3.11 bits per heavy atom. The molecule has 6 heteroatoms. The monoisotopic (exact) mass is 312 g/mol. The molecule has 0 unspecified atom stereocenters. The molecule has 1 fully saturated rings. The molecule has 2 heterocycles. The van der Waals surface area contributed by atoms with Gasteiger partial charge in [0.05, 0.1) is 6.54 Å². The van der Waals surface area contributed by atoms with E-state index in [0.29, 0.717) is 12.4 Å². The topological polar surface area (TPSA) is 71.2 Å². The summed E-state index contributed by atoms with van der Waals surface area (Å²) in [5.41, 5.74) is 5.88. The fourth-order valence-corrected chi connectivity index (χ4v) is 2.30. The van der Waals surface area contributed by atoms with Crippen LogP contribution >= 0.6 is 15.9 Å². The van der Waals surface area contributed by atoms with Crippen LogP contribution in [0.3, 0.4) is 0 Å². The normalized spacial score (nSPS) is 20.7. The Morgan fingerprint density at radius 1 is 1.61 bits per heavy atom. The number of aromatic nitrogens is 1. The van der Waals surface area contributed by atoms with Crippen LogP contribution in [-0.2, 0) is 4.79 Å². The molecule has 0 aromatic carbocycles. The summed E-state index contributed by atoms with van der Waals surface area (Å²) < 4.78 is 0.891. The lowest BCUT2D eigenvalue weighted by Gasteiger charge is -2.29. The molecule has 1 aromatic rings. The van der Waals surface area contributed by atoms with Crippen molar-refractivity contribution in [1.82, 2.24) is 9.88 Å². The van der Waals surface area contributed by atoms with Crippen molar-refractivity contribution in [2.24, 2.45) is 5.73 Å². The van der Waals surface area contributed by atoms with Crippen molar-refractivity contribution >= 4 is 27.7 Å². The number of nitrogens with one attached hydrogen (secondary N) is 1. The maximum atomic E-state index is 11.8. The average molecular weight is 313 g/mol. The summed E-state index contributed by atoms with van der Waals surface area (Å²) in [6.07, 6.45) is 3.77. The summed E-state index contributed by atoms with van der Waals surface area (Å²) in [5.74, 6) is 0.531. The van der Waals surface area contributed by atoms with E-state index in [1.807, 2.05) is 6.07 Å². The van der Waals surface area contributed by atoms with Gasteiger partial charge in [-0.1, -0.05) is 0 Å². The summed E-state index contributed by atoms with van der Waals surface area (Å²) in [4.78, 5) is 18.0. The lowest BCUT2D eigenvalue weighted by atomic mass is 10.1. The van der Waals surface area contributed by atoms with Crippen LogP contribution in [0, 0.1) is 0 Å². The van der Waals surface area contributed by atoms with E-state index in [2.05, 4.69) is 31.1 Å². The fraction of sp³-hybridized carbons (Fsp3) is 0.500. The van der Waals surface area contributed by atoms with Gasteiger partial charge in [-0.15, -0.1) is 0 Å². The summed E-state index contributed by atoms with van der Waals surface area (Å²) in [6.45, 7) is 2.11. The maximum absolute atomic E-state index is 11.8. The first kappa shape index (κ1) is 13.5. The number of anilines is 1. The van der Waals surface area contributed by atoms with Crippen molar-refractivity contribution in [3.05, 3.63) is 22.8 Å². The number of likely N-dealkylation sites (tertiary alicyclic amines) is 1. The largest absolute Gasteiger partial charge is 0.327 e. The van der Waals surface area contributed by atoms with Crippen molar-refractivity contribution in [3.63, 3.8) is 0 Å². The van der Waals surface area contributed by atoms with Crippen molar-refractivity contribution in [1.29, 1.82) is 0 Å². The van der Waals surface area contributed by atoms with E-state index in [9.17, 15) is 4.79 Å². The van der Waals surface area contributed by atoms with Crippen molar-refractivity contribution in [2.75, 3.05) is 25.0 Å². The van der Waals surface area contributed by atoms with Gasteiger partial charge in [-0.05, 0) is 47.4 Å². The molecule has 0 radical (unpaired) electrons. The highest BCUT2D eigenvalue weighted by Gasteiger charge is 2.18. The summed E-state index contributed by atoms with van der Waals surface area (Å²) in [5, 5.41) is 2.78. The predicted molar refractivity (Wildman–Crippen MR) is 74.2 cm³/mol. The Balaban J connectivity index is 1.83. The van der Waals surface area contributed by atoms with E-state index < -0.39 is 0 Å². The number of hydrogen-bond acceptors (Lipinski definition) is 4. The predicted octanol–water partition coefficient (Wildman–Crippen LogP) is 1.21. The molecule has 18 heavy (non-hydrogen) atoms. The average Bonchev–Trinajstić information content (AvgIpc) is 2.32. The fourth-order valence-electron chi connectivity index (χ4n) is 2.07. The van der Waals surface area contributed by atoms with Crippen LogP contribution < -0.4 is 11.1 Å². The minimum absolute atomic E-state index is 0.0427. The maximum Gasteiger partial charge on any atom is 0.239 e. The second-order valence-corrected chi connectivity index (χ2v) is 5.46. The zero-order valence-corrected chi connectivity index (χ0v) is 11.7. The number of nitrogens with two attached hydrogens (primary N) is 1. The molecule has 0 bridgehead atoms. The van der Waals surface area contributed by atoms with E-state index in [1.165, 1.54) is 0 Å². The molecule has 98 valence electrons. The number of piperidine rings is 1. The van der Waals surface area contributed by atoms with Crippen LogP contribution in [0.15, 0.2) is 22.8 Å². The van der Waals surface area contributed by atoms with Crippen LogP contribution in [0.1, 0.15) is 12.8 Å². The number of pyridine rings is 1. The molecule has 1 aliphatic heterocycles. The van der Waals surface area contributed by atoms with Gasteiger partial charge in [0.1, 0.15) is 5.82 Å². The third-order valence-corrected chi connectivity index (χ3v) is 3.37. The van der Waals surface area contributed by atoms with Crippen LogP contribution in [-0.4, -0.2) is 41.5 Å². The van der Waals surface area contributed by atoms with Gasteiger partial charge in [-0.3, -0.25) is 9.69 Å². The second kappa shape index (κ2) is 6.26. The standard InChI is InChI=1S/C12H17BrN4O/c13-9-3-4-11(15-6-9)16-12(18)8-17-5-1-2-10(14)7-17/h3-4,6,10H,1-2,5,7-8,14H2,(H,15,16,18)/t10-/m1/s1. The Morgan fingerprint density at radius 2 is 2.44 bits per heavy atom. The van der Waals surface area contributed by atoms with Crippen LogP contribution in [0.5, 0.6) is 0 Å². The Kier molecular flexibility index (Phi) is 4.68. The molecule has 0 aliphatic carbocycles. The summed E-state index contributed by atoms with van der Waals surface area (Å²) in [6, 6.07) is 3.81. The number of halogens is 1. The lowest BCUT2D eigenvalue weighted by Crippen LogP contribution is -2.45. The third kappa shape index (κ3) is 4.04. The molecule has 1 saturated heterocycles. The minimum Gasteiger partial charge on any atom is -0.327 e. The van der Waals surface area contributed by atoms with Gasteiger partial charge in [0.2, 0.25) is 5.91 Å². The SMILES string of the molecule is N[C@@H]1CCCN(CC(=O)Nc2ccc(Br)cn2)C1. The Bertz CT molecular complexity index is 409. The zero-order chi connectivity index (χ0) is 13.0. The highest BCUT2D eigenvalue weighted by atomic mass is 79.9. The Hall–Kier alpha value is -0.980. The molecule has 1 atom stereocenters. The third-order valence-electron chi connectivity index (χ3n) is 2.90. The van der Waals surface area contributed by atoms with Crippen LogP contribution in [0.25, 0.3) is 0 Å². The smallest absolute Gasteiger partial charge is 0.239 e. The molecule has 2 rings (SSSR count). The van der Waals surface area contributed by atoms with Gasteiger partial charge < -0.3 is 11.1 Å². The van der Waals surface area contributed by atoms with Crippen molar-refractivity contribution < 1.29 is 4.79 Å². The Labute approximate surface area is 115 Å². The van der Waals surface area contributed by atoms with Gasteiger partial charge in [0.15, 0.2) is 0 Å².